The summed E-state index contributed by atoms with van der Waals surface area (Å²) in [6, 6.07) is 8.30. The van der Waals surface area contributed by atoms with Gasteiger partial charge >= 0.3 is 6.03 Å². The van der Waals surface area contributed by atoms with E-state index in [1.165, 1.54) is 12.8 Å². The van der Waals surface area contributed by atoms with Gasteiger partial charge in [0.25, 0.3) is 0 Å². The molecule has 1 aromatic carbocycles. The lowest BCUT2D eigenvalue weighted by Gasteiger charge is -2.34. The average Bonchev–Trinajstić information content (AvgIpc) is 3.48. The number of carbonyl (C=O) groups excluding carboxylic acids is 2. The molecular weight excluding hydrogens is 400 g/mol. The Morgan fingerprint density at radius 2 is 1.60 bits per heavy atom. The van der Waals surface area contributed by atoms with E-state index >= 15 is 0 Å². The standard InChI is InChI=1S/C23H33ClN4O2/c24-20-7-5-6-19(16-20)21(26-10-1-2-11-26)17-25-22(29)18-8-14-28(15-9-18)23(30)27-12-3-4-13-27/h5-7,16,18,21H,1-4,8-15,17H2,(H,25,29). The Labute approximate surface area is 184 Å². The van der Waals surface area contributed by atoms with Gasteiger partial charge in [-0.2, -0.15) is 0 Å². The van der Waals surface area contributed by atoms with Gasteiger partial charge in [-0.15, -0.1) is 0 Å². The molecule has 7 heteroatoms. The lowest BCUT2D eigenvalue weighted by molar-refractivity contribution is -0.126. The van der Waals surface area contributed by atoms with E-state index in [4.69, 9.17) is 11.6 Å². The maximum atomic E-state index is 12.9. The quantitative estimate of drug-likeness (QED) is 0.774. The second-order valence-electron chi connectivity index (χ2n) is 8.80. The fraction of sp³-hybridized carbons (Fsp3) is 0.652. The molecule has 0 aromatic heterocycles. The Morgan fingerprint density at radius 3 is 2.27 bits per heavy atom. The summed E-state index contributed by atoms with van der Waals surface area (Å²) in [5.74, 6) is 0.112. The van der Waals surface area contributed by atoms with Crippen LogP contribution in [0.2, 0.25) is 5.02 Å². The smallest absolute Gasteiger partial charge is 0.319 e. The summed E-state index contributed by atoms with van der Waals surface area (Å²) in [7, 11) is 0. The van der Waals surface area contributed by atoms with Gasteiger partial charge < -0.3 is 15.1 Å². The van der Waals surface area contributed by atoms with Crippen molar-refractivity contribution in [2.45, 2.75) is 44.6 Å². The third kappa shape index (κ3) is 5.09. The fourth-order valence-corrected chi connectivity index (χ4v) is 5.21. The molecule has 3 heterocycles. The maximum absolute atomic E-state index is 12.9. The van der Waals surface area contributed by atoms with Crippen molar-refractivity contribution in [2.24, 2.45) is 5.92 Å². The number of piperidine rings is 1. The van der Waals surface area contributed by atoms with Crippen LogP contribution in [0.15, 0.2) is 24.3 Å². The first kappa shape index (κ1) is 21.4. The van der Waals surface area contributed by atoms with Crippen LogP contribution in [0.4, 0.5) is 4.79 Å². The van der Waals surface area contributed by atoms with E-state index in [0.717, 1.165) is 62.4 Å². The molecule has 1 aromatic rings. The Hall–Kier alpha value is -1.79. The highest BCUT2D eigenvalue weighted by atomic mass is 35.5. The van der Waals surface area contributed by atoms with Crippen LogP contribution in [0.3, 0.4) is 0 Å². The lowest BCUT2D eigenvalue weighted by atomic mass is 9.95. The zero-order valence-corrected chi connectivity index (χ0v) is 18.4. The molecule has 3 aliphatic rings. The molecule has 0 bridgehead atoms. The fourth-order valence-electron chi connectivity index (χ4n) is 5.01. The van der Waals surface area contributed by atoms with E-state index in [-0.39, 0.29) is 23.9 Å². The van der Waals surface area contributed by atoms with Crippen molar-refractivity contribution in [3.8, 4) is 0 Å². The number of hydrogen-bond acceptors (Lipinski definition) is 3. The van der Waals surface area contributed by atoms with Gasteiger partial charge in [0.1, 0.15) is 0 Å². The molecule has 30 heavy (non-hydrogen) atoms. The highest BCUT2D eigenvalue weighted by molar-refractivity contribution is 6.30. The Morgan fingerprint density at radius 1 is 0.967 bits per heavy atom. The van der Waals surface area contributed by atoms with E-state index in [2.05, 4.69) is 16.3 Å². The Kier molecular flexibility index (Phi) is 7.16. The van der Waals surface area contributed by atoms with E-state index in [0.29, 0.717) is 19.6 Å². The third-order valence-corrected chi connectivity index (χ3v) is 7.03. The molecule has 0 saturated carbocycles. The van der Waals surface area contributed by atoms with Crippen molar-refractivity contribution in [2.75, 3.05) is 45.8 Å². The summed E-state index contributed by atoms with van der Waals surface area (Å²) < 4.78 is 0. The molecule has 164 valence electrons. The number of hydrogen-bond donors (Lipinski definition) is 1. The largest absolute Gasteiger partial charge is 0.354 e. The number of likely N-dealkylation sites (tertiary alicyclic amines) is 3. The monoisotopic (exact) mass is 432 g/mol. The van der Waals surface area contributed by atoms with Crippen LogP contribution in [-0.4, -0.2) is 72.5 Å². The van der Waals surface area contributed by atoms with Gasteiger partial charge in [0.05, 0.1) is 6.04 Å². The minimum Gasteiger partial charge on any atom is -0.354 e. The van der Waals surface area contributed by atoms with Crippen LogP contribution in [-0.2, 0) is 4.79 Å². The number of nitrogens with zero attached hydrogens (tertiary/aromatic N) is 3. The summed E-state index contributed by atoms with van der Waals surface area (Å²) in [5, 5.41) is 3.94. The second kappa shape index (κ2) is 10.0. The van der Waals surface area contributed by atoms with Gasteiger partial charge in [-0.3, -0.25) is 9.69 Å². The highest BCUT2D eigenvalue weighted by Crippen LogP contribution is 2.27. The molecule has 0 radical (unpaired) electrons. The van der Waals surface area contributed by atoms with Crippen molar-refractivity contribution in [3.05, 3.63) is 34.9 Å². The minimum atomic E-state index is -0.00813. The van der Waals surface area contributed by atoms with Gasteiger partial charge in [0.15, 0.2) is 0 Å². The van der Waals surface area contributed by atoms with Crippen molar-refractivity contribution in [3.63, 3.8) is 0 Å². The number of urea groups is 1. The molecule has 6 nitrogen and oxygen atoms in total. The van der Waals surface area contributed by atoms with Crippen molar-refractivity contribution in [1.82, 2.24) is 20.0 Å². The van der Waals surface area contributed by atoms with Gasteiger partial charge in [-0.25, -0.2) is 4.79 Å². The van der Waals surface area contributed by atoms with Crippen LogP contribution in [0.1, 0.15) is 50.1 Å². The van der Waals surface area contributed by atoms with E-state index in [1.807, 2.05) is 28.0 Å². The lowest BCUT2D eigenvalue weighted by Crippen LogP contribution is -2.48. The minimum absolute atomic E-state index is 0.00813. The molecule has 3 fully saturated rings. The maximum Gasteiger partial charge on any atom is 0.319 e. The van der Waals surface area contributed by atoms with E-state index in [1.54, 1.807) is 0 Å². The zero-order valence-electron chi connectivity index (χ0n) is 17.7. The normalized spacial score (nSPS) is 21.8. The predicted octanol–water partition coefficient (Wildman–Crippen LogP) is 3.52. The first-order chi connectivity index (χ1) is 14.6. The van der Waals surface area contributed by atoms with Crippen LogP contribution < -0.4 is 5.32 Å². The number of carbonyl (C=O) groups is 2. The first-order valence-corrected chi connectivity index (χ1v) is 11.8. The number of rotatable bonds is 5. The van der Waals surface area contributed by atoms with E-state index in [9.17, 15) is 9.59 Å². The topological polar surface area (TPSA) is 55.9 Å². The zero-order chi connectivity index (χ0) is 20.9. The molecule has 3 saturated heterocycles. The van der Waals surface area contributed by atoms with Gasteiger partial charge in [0.2, 0.25) is 5.91 Å². The number of amides is 3. The van der Waals surface area contributed by atoms with Crippen LogP contribution in [0.5, 0.6) is 0 Å². The molecule has 4 rings (SSSR count). The van der Waals surface area contributed by atoms with Crippen LogP contribution in [0.25, 0.3) is 0 Å². The Balaban J connectivity index is 1.30. The molecule has 3 amide bonds. The van der Waals surface area contributed by atoms with Gasteiger partial charge in [-0.1, -0.05) is 23.7 Å². The average molecular weight is 433 g/mol. The van der Waals surface area contributed by atoms with Crippen molar-refractivity contribution < 1.29 is 9.59 Å². The second-order valence-corrected chi connectivity index (χ2v) is 9.23. The van der Waals surface area contributed by atoms with Crippen LogP contribution in [0, 0.1) is 5.92 Å². The first-order valence-electron chi connectivity index (χ1n) is 11.4. The summed E-state index contributed by atoms with van der Waals surface area (Å²) in [6.07, 6.45) is 6.11. The number of halogens is 1. The summed E-state index contributed by atoms with van der Waals surface area (Å²) in [4.78, 5) is 31.8. The summed E-state index contributed by atoms with van der Waals surface area (Å²) >= 11 is 6.22. The SMILES string of the molecule is O=C(NCC(c1cccc(Cl)c1)N1CCCC1)C1CCN(C(=O)N2CCCC2)CC1. The van der Waals surface area contributed by atoms with Crippen LogP contribution >= 0.6 is 11.6 Å². The predicted molar refractivity (Wildman–Crippen MR) is 119 cm³/mol. The molecular formula is C23H33ClN4O2. The third-order valence-electron chi connectivity index (χ3n) is 6.80. The van der Waals surface area contributed by atoms with Crippen molar-refractivity contribution in [1.29, 1.82) is 0 Å². The molecule has 1 unspecified atom stereocenters. The van der Waals surface area contributed by atoms with Gasteiger partial charge in [-0.05, 0) is 69.3 Å². The van der Waals surface area contributed by atoms with Crippen molar-refractivity contribution >= 4 is 23.5 Å². The Bertz CT molecular complexity index is 738. The number of benzene rings is 1. The van der Waals surface area contributed by atoms with Gasteiger partial charge in [0, 0.05) is 43.7 Å². The molecule has 1 atom stereocenters. The molecule has 1 N–H and O–H groups in total. The summed E-state index contributed by atoms with van der Waals surface area (Å²) in [6.45, 7) is 5.83. The summed E-state index contributed by atoms with van der Waals surface area (Å²) in [5.41, 5.74) is 1.16. The highest BCUT2D eigenvalue weighted by Gasteiger charge is 2.31. The molecule has 0 aliphatic carbocycles. The molecule has 3 aliphatic heterocycles. The van der Waals surface area contributed by atoms with E-state index < -0.39 is 0 Å². The molecule has 0 spiro atoms. The number of nitrogens with one attached hydrogen (secondary N) is 1.